The van der Waals surface area contributed by atoms with Crippen LogP contribution in [0, 0.1) is 5.82 Å². The molecule has 1 heterocycles. The van der Waals surface area contributed by atoms with E-state index >= 15 is 0 Å². The summed E-state index contributed by atoms with van der Waals surface area (Å²) in [5, 5.41) is 2.81. The van der Waals surface area contributed by atoms with Gasteiger partial charge in [0.05, 0.1) is 17.2 Å². The van der Waals surface area contributed by atoms with E-state index < -0.39 is 21.7 Å². The molecule has 162 valence electrons. The lowest BCUT2D eigenvalue weighted by Crippen LogP contribution is -2.46. The Morgan fingerprint density at radius 1 is 1.10 bits per heavy atom. The molecule has 0 aromatic heterocycles. The quantitative estimate of drug-likeness (QED) is 0.758. The van der Waals surface area contributed by atoms with Crippen molar-refractivity contribution in [3.05, 3.63) is 59.9 Å². The fourth-order valence-electron chi connectivity index (χ4n) is 3.51. The Kier molecular flexibility index (Phi) is 6.77. The molecule has 8 heteroatoms. The molecule has 1 atom stereocenters. The highest BCUT2D eigenvalue weighted by Crippen LogP contribution is 2.27. The van der Waals surface area contributed by atoms with Gasteiger partial charge in [-0.1, -0.05) is 30.3 Å². The Bertz CT molecular complexity index is 982. The molecule has 0 radical (unpaired) electrons. The van der Waals surface area contributed by atoms with Crippen molar-refractivity contribution in [1.29, 1.82) is 0 Å². The average molecular weight is 434 g/mol. The van der Waals surface area contributed by atoms with E-state index in [2.05, 4.69) is 5.32 Å². The summed E-state index contributed by atoms with van der Waals surface area (Å²) >= 11 is 0. The summed E-state index contributed by atoms with van der Waals surface area (Å²) in [6.07, 6.45) is 0. The van der Waals surface area contributed by atoms with Gasteiger partial charge in [0.25, 0.3) is 0 Å². The van der Waals surface area contributed by atoms with E-state index in [-0.39, 0.29) is 36.5 Å². The molecule has 1 fully saturated rings. The number of nitrogens with zero attached hydrogens (tertiary/aromatic N) is 2. The lowest BCUT2D eigenvalue weighted by Gasteiger charge is -2.33. The zero-order valence-corrected chi connectivity index (χ0v) is 18.3. The average Bonchev–Trinajstić information content (AvgIpc) is 2.70. The molecule has 0 spiro atoms. The second kappa shape index (κ2) is 9.14. The molecule has 1 N–H and O–H groups in total. The van der Waals surface area contributed by atoms with E-state index in [9.17, 15) is 17.6 Å². The van der Waals surface area contributed by atoms with Gasteiger partial charge < -0.3 is 10.2 Å². The number of hydrogen-bond acceptors (Lipinski definition) is 5. The molecular weight excluding hydrogens is 405 g/mol. The van der Waals surface area contributed by atoms with Crippen LogP contribution in [0.3, 0.4) is 0 Å². The van der Waals surface area contributed by atoms with Crippen LogP contribution in [0.4, 0.5) is 15.8 Å². The first kappa shape index (κ1) is 22.2. The van der Waals surface area contributed by atoms with Crippen LogP contribution < -0.4 is 10.2 Å². The van der Waals surface area contributed by atoms with Crippen molar-refractivity contribution < 1.29 is 17.6 Å². The molecule has 1 saturated heterocycles. The zero-order chi connectivity index (χ0) is 21.9. The highest BCUT2D eigenvalue weighted by Gasteiger charge is 2.32. The van der Waals surface area contributed by atoms with E-state index in [1.54, 1.807) is 12.1 Å². The van der Waals surface area contributed by atoms with Crippen LogP contribution in [-0.4, -0.2) is 56.9 Å². The minimum Gasteiger partial charge on any atom is -0.370 e. The number of anilines is 2. The smallest absolute Gasteiger partial charge is 0.246 e. The summed E-state index contributed by atoms with van der Waals surface area (Å²) in [6.45, 7) is 4.50. The molecule has 1 unspecified atom stereocenters. The van der Waals surface area contributed by atoms with Crippen molar-refractivity contribution in [2.75, 3.05) is 41.9 Å². The van der Waals surface area contributed by atoms with Gasteiger partial charge in [-0.05, 0) is 37.6 Å². The monoisotopic (exact) mass is 433 g/mol. The second-order valence-electron chi connectivity index (χ2n) is 7.86. The molecule has 2 aromatic rings. The van der Waals surface area contributed by atoms with E-state index in [0.29, 0.717) is 11.4 Å². The third-order valence-electron chi connectivity index (χ3n) is 5.48. The van der Waals surface area contributed by atoms with Gasteiger partial charge >= 0.3 is 0 Å². The summed E-state index contributed by atoms with van der Waals surface area (Å²) in [5.41, 5.74) is 1.60. The van der Waals surface area contributed by atoms with Crippen molar-refractivity contribution >= 4 is 27.1 Å². The topological polar surface area (TPSA) is 69.7 Å². The minimum atomic E-state index is -3.07. The third-order valence-corrected chi connectivity index (χ3v) is 7.09. The molecule has 1 amide bonds. The lowest BCUT2D eigenvalue weighted by molar-refractivity contribution is -0.121. The lowest BCUT2D eigenvalue weighted by atomic mass is 10.0. The van der Waals surface area contributed by atoms with Gasteiger partial charge in [0.15, 0.2) is 9.84 Å². The summed E-state index contributed by atoms with van der Waals surface area (Å²) in [6, 6.07) is 13.4. The van der Waals surface area contributed by atoms with Crippen molar-refractivity contribution in [3.63, 3.8) is 0 Å². The summed E-state index contributed by atoms with van der Waals surface area (Å²) in [4.78, 5) is 16.9. The van der Waals surface area contributed by atoms with Crippen LogP contribution in [0.1, 0.15) is 25.5 Å². The number of amides is 1. The summed E-state index contributed by atoms with van der Waals surface area (Å²) < 4.78 is 38.2. The largest absolute Gasteiger partial charge is 0.370 e. The van der Waals surface area contributed by atoms with Crippen LogP contribution in [0.2, 0.25) is 0 Å². The van der Waals surface area contributed by atoms with E-state index in [1.165, 1.54) is 6.07 Å². The molecular formula is C22H28FN3O3S. The summed E-state index contributed by atoms with van der Waals surface area (Å²) in [7, 11) is -1.25. The predicted molar refractivity (Wildman–Crippen MR) is 118 cm³/mol. The fourth-order valence-corrected chi connectivity index (χ4v) is 4.74. The molecule has 0 saturated carbocycles. The Morgan fingerprint density at radius 2 is 1.73 bits per heavy atom. The van der Waals surface area contributed by atoms with Gasteiger partial charge in [0.2, 0.25) is 5.91 Å². The number of carbonyl (C=O) groups is 1. The first-order valence-corrected chi connectivity index (χ1v) is 11.8. The first-order valence-electron chi connectivity index (χ1n) is 10.0. The molecule has 2 aromatic carbocycles. The first-order chi connectivity index (χ1) is 14.2. The normalized spacial score (nSPS) is 17.5. The van der Waals surface area contributed by atoms with Crippen molar-refractivity contribution in [1.82, 2.24) is 4.90 Å². The Morgan fingerprint density at radius 3 is 2.30 bits per heavy atom. The molecule has 0 aliphatic carbocycles. The van der Waals surface area contributed by atoms with E-state index in [1.807, 2.05) is 61.0 Å². The van der Waals surface area contributed by atoms with Crippen molar-refractivity contribution in [3.8, 4) is 0 Å². The predicted octanol–water partition coefficient (Wildman–Crippen LogP) is 3.08. The number of hydrogen-bond donors (Lipinski definition) is 1. The number of nitrogens with one attached hydrogen (secondary N) is 1. The standard InChI is InChI=1S/C22H28FN3O3S/c1-16(2)25(3)20-10-9-18(15-19(20)23)24-22(27)21(17-7-5-4-6-8-17)26-11-13-30(28,29)14-12-26/h4-10,15-16,21H,11-14H2,1-3H3,(H,24,27). The van der Waals surface area contributed by atoms with Crippen LogP contribution in [-0.2, 0) is 14.6 Å². The number of carbonyl (C=O) groups excluding carboxylic acids is 1. The highest BCUT2D eigenvalue weighted by molar-refractivity contribution is 7.91. The minimum absolute atomic E-state index is 0.0223. The molecule has 30 heavy (non-hydrogen) atoms. The Labute approximate surface area is 177 Å². The van der Waals surface area contributed by atoms with Gasteiger partial charge in [0, 0.05) is 31.9 Å². The van der Waals surface area contributed by atoms with Gasteiger partial charge in [-0.2, -0.15) is 0 Å². The van der Waals surface area contributed by atoms with Crippen molar-refractivity contribution in [2.45, 2.75) is 25.9 Å². The van der Waals surface area contributed by atoms with Crippen LogP contribution in [0.5, 0.6) is 0 Å². The number of benzene rings is 2. The van der Waals surface area contributed by atoms with Crippen LogP contribution in [0.15, 0.2) is 48.5 Å². The van der Waals surface area contributed by atoms with Crippen LogP contribution >= 0.6 is 0 Å². The van der Waals surface area contributed by atoms with Gasteiger partial charge in [-0.25, -0.2) is 12.8 Å². The highest BCUT2D eigenvalue weighted by atomic mass is 32.2. The van der Waals surface area contributed by atoms with Crippen molar-refractivity contribution in [2.24, 2.45) is 0 Å². The Hall–Kier alpha value is -2.45. The molecule has 0 bridgehead atoms. The summed E-state index contributed by atoms with van der Waals surface area (Å²) in [5.74, 6) is -0.683. The maximum absolute atomic E-state index is 14.6. The maximum Gasteiger partial charge on any atom is 0.246 e. The van der Waals surface area contributed by atoms with E-state index in [0.717, 1.165) is 5.56 Å². The van der Waals surface area contributed by atoms with E-state index in [4.69, 9.17) is 0 Å². The zero-order valence-electron chi connectivity index (χ0n) is 17.5. The van der Waals surface area contributed by atoms with Crippen LogP contribution in [0.25, 0.3) is 0 Å². The fraction of sp³-hybridized carbons (Fsp3) is 0.409. The maximum atomic E-state index is 14.6. The van der Waals surface area contributed by atoms with Gasteiger partial charge in [-0.15, -0.1) is 0 Å². The molecule has 1 aliphatic rings. The molecule has 1 aliphatic heterocycles. The number of rotatable bonds is 6. The van der Waals surface area contributed by atoms with Gasteiger partial charge in [0.1, 0.15) is 11.9 Å². The molecule has 6 nitrogen and oxygen atoms in total. The Balaban J connectivity index is 1.83. The third kappa shape index (κ3) is 5.17. The SMILES string of the molecule is CC(C)N(C)c1ccc(NC(=O)C(c2ccccc2)N2CCS(=O)(=O)CC2)cc1F. The molecule has 3 rings (SSSR count). The number of sulfone groups is 1. The van der Waals surface area contributed by atoms with Gasteiger partial charge in [-0.3, -0.25) is 9.69 Å². The second-order valence-corrected chi connectivity index (χ2v) is 10.2. The number of halogens is 1.